The molecule has 0 aromatic carbocycles. The lowest BCUT2D eigenvalue weighted by Gasteiger charge is -2.12. The third-order valence-electron chi connectivity index (χ3n) is 2.28. The van der Waals surface area contributed by atoms with Crippen LogP contribution in [0.15, 0.2) is 0 Å². The monoisotopic (exact) mass is 185 g/mol. The van der Waals surface area contributed by atoms with E-state index in [0.717, 1.165) is 0 Å². The van der Waals surface area contributed by atoms with Gasteiger partial charge in [0.2, 0.25) is 0 Å². The molecule has 0 atom stereocenters. The van der Waals surface area contributed by atoms with Crippen molar-refractivity contribution < 1.29 is 0 Å². The van der Waals surface area contributed by atoms with Crippen molar-refractivity contribution in [3.05, 3.63) is 0 Å². The fraction of sp³-hybridized carbons (Fsp3) is 1.00. The van der Waals surface area contributed by atoms with Crippen LogP contribution in [-0.2, 0) is 0 Å². The molecule has 1 heteroatoms. The molecule has 0 amide bonds. The number of hydrogen-bond acceptors (Lipinski definition) is 1. The van der Waals surface area contributed by atoms with Gasteiger partial charge in [-0.1, -0.05) is 40.0 Å². The van der Waals surface area contributed by atoms with Crippen molar-refractivity contribution in [1.82, 2.24) is 4.90 Å². The van der Waals surface area contributed by atoms with Gasteiger partial charge in [-0.05, 0) is 38.9 Å². The maximum atomic E-state index is 2.59. The van der Waals surface area contributed by atoms with Gasteiger partial charge in [-0.3, -0.25) is 0 Å². The fourth-order valence-electron chi connectivity index (χ4n) is 1.59. The Bertz CT molecular complexity index is 85.1. The van der Waals surface area contributed by atoms with Crippen LogP contribution < -0.4 is 0 Å². The zero-order chi connectivity index (χ0) is 9.94. The highest BCUT2D eigenvalue weighted by atomic mass is 15.1. The molecule has 0 aliphatic carbocycles. The van der Waals surface area contributed by atoms with E-state index in [1.807, 2.05) is 0 Å². The predicted octanol–water partition coefficient (Wildman–Crippen LogP) is 3.69. The first-order valence-corrected chi connectivity index (χ1v) is 6.07. The molecule has 0 saturated carbocycles. The number of hydrogen-bond donors (Lipinski definition) is 0. The van der Waals surface area contributed by atoms with E-state index >= 15 is 0 Å². The van der Waals surface area contributed by atoms with Gasteiger partial charge in [-0.15, -0.1) is 0 Å². The minimum absolute atomic E-state index is 1.25. The first-order chi connectivity index (χ1) is 6.35. The molecule has 1 nitrogen and oxygen atoms in total. The van der Waals surface area contributed by atoms with Crippen LogP contribution in [0.1, 0.15) is 59.3 Å². The molecule has 0 aromatic heterocycles. The second-order valence-electron chi connectivity index (χ2n) is 3.96. The fourth-order valence-corrected chi connectivity index (χ4v) is 1.59. The molecule has 1 rings (SSSR count). The summed E-state index contributed by atoms with van der Waals surface area (Å²) in [7, 11) is 0. The van der Waals surface area contributed by atoms with Crippen LogP contribution in [0.4, 0.5) is 0 Å². The zero-order valence-electron chi connectivity index (χ0n) is 9.81. The van der Waals surface area contributed by atoms with Crippen molar-refractivity contribution in [2.24, 2.45) is 0 Å². The van der Waals surface area contributed by atoms with Gasteiger partial charge in [0, 0.05) is 0 Å². The van der Waals surface area contributed by atoms with Gasteiger partial charge in [0.1, 0.15) is 0 Å². The maximum absolute atomic E-state index is 2.59. The van der Waals surface area contributed by atoms with Gasteiger partial charge in [0.25, 0.3) is 0 Å². The molecule has 13 heavy (non-hydrogen) atoms. The average Bonchev–Trinajstić information content (AvgIpc) is 2.59. The van der Waals surface area contributed by atoms with Crippen LogP contribution in [-0.4, -0.2) is 24.5 Å². The quantitative estimate of drug-likeness (QED) is 0.604. The summed E-state index contributed by atoms with van der Waals surface area (Å²) in [5, 5.41) is 0. The SMILES string of the molecule is CCC.CCCCCN1CCCC1. The van der Waals surface area contributed by atoms with Gasteiger partial charge < -0.3 is 4.90 Å². The second-order valence-corrected chi connectivity index (χ2v) is 3.96. The second kappa shape index (κ2) is 10.0. The Morgan fingerprint density at radius 3 is 1.92 bits per heavy atom. The summed E-state index contributed by atoms with van der Waals surface area (Å²) >= 11 is 0. The van der Waals surface area contributed by atoms with Crippen molar-refractivity contribution in [2.45, 2.75) is 59.3 Å². The predicted molar refractivity (Wildman–Crippen MR) is 61.2 cm³/mol. The molecule has 1 aliphatic heterocycles. The minimum atomic E-state index is 1.25. The zero-order valence-corrected chi connectivity index (χ0v) is 9.81. The molecule has 1 aliphatic rings. The molecule has 80 valence electrons. The van der Waals surface area contributed by atoms with Crippen molar-refractivity contribution in [3.63, 3.8) is 0 Å². The Kier molecular flexibility index (Phi) is 10.0. The molecular weight excluding hydrogens is 158 g/mol. The van der Waals surface area contributed by atoms with E-state index in [4.69, 9.17) is 0 Å². The van der Waals surface area contributed by atoms with Gasteiger partial charge >= 0.3 is 0 Å². The molecule has 1 saturated heterocycles. The van der Waals surface area contributed by atoms with Crippen LogP contribution in [0, 0.1) is 0 Å². The van der Waals surface area contributed by atoms with Crippen LogP contribution in [0.2, 0.25) is 0 Å². The van der Waals surface area contributed by atoms with Crippen molar-refractivity contribution in [3.8, 4) is 0 Å². The van der Waals surface area contributed by atoms with E-state index in [-0.39, 0.29) is 0 Å². The number of rotatable bonds is 4. The highest BCUT2D eigenvalue weighted by Crippen LogP contribution is 2.08. The highest BCUT2D eigenvalue weighted by molar-refractivity contribution is 4.65. The van der Waals surface area contributed by atoms with Gasteiger partial charge in [0.15, 0.2) is 0 Å². The summed E-state index contributed by atoms with van der Waals surface area (Å²) in [5.74, 6) is 0. The van der Waals surface area contributed by atoms with Gasteiger partial charge in [-0.2, -0.15) is 0 Å². The first kappa shape index (κ1) is 13.0. The third kappa shape index (κ3) is 8.29. The Morgan fingerprint density at radius 2 is 1.46 bits per heavy atom. The van der Waals surface area contributed by atoms with E-state index in [0.29, 0.717) is 0 Å². The first-order valence-electron chi connectivity index (χ1n) is 6.07. The number of nitrogens with zero attached hydrogens (tertiary/aromatic N) is 1. The summed E-state index contributed by atoms with van der Waals surface area (Å²) in [5.41, 5.74) is 0. The number of likely N-dealkylation sites (tertiary alicyclic amines) is 1. The van der Waals surface area contributed by atoms with Crippen LogP contribution in [0.25, 0.3) is 0 Å². The molecule has 0 radical (unpaired) electrons. The molecule has 0 bridgehead atoms. The maximum Gasteiger partial charge on any atom is -0.00183 e. The van der Waals surface area contributed by atoms with E-state index in [9.17, 15) is 0 Å². The Morgan fingerprint density at radius 1 is 0.923 bits per heavy atom. The lowest BCUT2D eigenvalue weighted by atomic mass is 10.2. The van der Waals surface area contributed by atoms with E-state index < -0.39 is 0 Å². The number of unbranched alkanes of at least 4 members (excludes halogenated alkanes) is 2. The third-order valence-corrected chi connectivity index (χ3v) is 2.28. The Hall–Kier alpha value is -0.0400. The van der Waals surface area contributed by atoms with Crippen molar-refractivity contribution >= 4 is 0 Å². The van der Waals surface area contributed by atoms with E-state index in [1.165, 1.54) is 58.2 Å². The largest absolute Gasteiger partial charge is 0.303 e. The van der Waals surface area contributed by atoms with Crippen molar-refractivity contribution in [2.75, 3.05) is 19.6 Å². The van der Waals surface area contributed by atoms with Crippen molar-refractivity contribution in [1.29, 1.82) is 0 Å². The molecule has 0 spiro atoms. The molecule has 0 N–H and O–H groups in total. The normalized spacial score (nSPS) is 16.8. The molecule has 0 aromatic rings. The Labute approximate surface area is 84.5 Å². The van der Waals surface area contributed by atoms with Crippen LogP contribution >= 0.6 is 0 Å². The lowest BCUT2D eigenvalue weighted by molar-refractivity contribution is 0.329. The molecular formula is C12H27N. The highest BCUT2D eigenvalue weighted by Gasteiger charge is 2.09. The summed E-state index contributed by atoms with van der Waals surface area (Å²) in [6.45, 7) is 10.6. The average molecular weight is 185 g/mol. The molecule has 1 fully saturated rings. The summed E-state index contributed by atoms with van der Waals surface area (Å²) in [6, 6.07) is 0. The molecule has 0 unspecified atom stereocenters. The van der Waals surface area contributed by atoms with E-state index in [1.54, 1.807) is 0 Å². The van der Waals surface area contributed by atoms with Gasteiger partial charge in [-0.25, -0.2) is 0 Å². The minimum Gasteiger partial charge on any atom is -0.303 e. The Balaban J connectivity index is 0.000000424. The smallest absolute Gasteiger partial charge is 0.00183 e. The van der Waals surface area contributed by atoms with E-state index in [2.05, 4.69) is 25.7 Å². The standard InChI is InChI=1S/C9H19N.C3H8/c1-2-3-4-7-10-8-5-6-9-10;1-3-2/h2-9H2,1H3;3H2,1-2H3. The lowest BCUT2D eigenvalue weighted by Crippen LogP contribution is -2.20. The van der Waals surface area contributed by atoms with Crippen LogP contribution in [0.5, 0.6) is 0 Å². The molecule has 1 heterocycles. The van der Waals surface area contributed by atoms with Gasteiger partial charge in [0.05, 0.1) is 0 Å². The summed E-state index contributed by atoms with van der Waals surface area (Å²) in [6.07, 6.45) is 8.30. The van der Waals surface area contributed by atoms with Crippen LogP contribution in [0.3, 0.4) is 0 Å². The topological polar surface area (TPSA) is 3.24 Å². The summed E-state index contributed by atoms with van der Waals surface area (Å²) < 4.78 is 0. The summed E-state index contributed by atoms with van der Waals surface area (Å²) in [4.78, 5) is 2.59.